The molecule has 9 heteroatoms. The molecule has 3 atom stereocenters. The molecule has 224 valence electrons. The van der Waals surface area contributed by atoms with E-state index in [1.54, 1.807) is 29.4 Å². The predicted octanol–water partition coefficient (Wildman–Crippen LogP) is 5.16. The van der Waals surface area contributed by atoms with Crippen molar-refractivity contribution in [1.29, 1.82) is 0 Å². The molecule has 1 aliphatic rings. The molecular weight excluding hydrogens is 542 g/mol. The molecule has 0 aliphatic carbocycles. The van der Waals surface area contributed by atoms with Crippen molar-refractivity contribution >= 4 is 34.1 Å². The highest BCUT2D eigenvalue weighted by Crippen LogP contribution is 2.30. The summed E-state index contributed by atoms with van der Waals surface area (Å²) in [7, 11) is 2.05. The standard InChI is InChI=1S/C34H39N5O4/c1-23-19-39(24(2)22-40)33(41)18-27-17-28(36-34(42)37-30-10-6-8-26-7-4-5-9-29(26)30)11-12-31(27)43-32(23)21-38(3)20-25-13-15-35-16-14-25/h4-17,23-24,32,40H,18-22H2,1-3H3,(H2,36,37,42)/t23-,24-,32+/m0/s1. The van der Waals surface area contributed by atoms with Crippen molar-refractivity contribution < 1.29 is 19.4 Å². The van der Waals surface area contributed by atoms with Gasteiger partial charge in [0.25, 0.3) is 0 Å². The number of fused-ring (bicyclic) bond motifs is 2. The van der Waals surface area contributed by atoms with Crippen molar-refractivity contribution in [3.63, 3.8) is 0 Å². The number of nitrogens with one attached hydrogen (secondary N) is 2. The molecule has 0 saturated carbocycles. The largest absolute Gasteiger partial charge is 0.488 e. The van der Waals surface area contributed by atoms with Crippen LogP contribution in [-0.2, 0) is 17.8 Å². The monoisotopic (exact) mass is 581 g/mol. The van der Waals surface area contributed by atoms with Crippen molar-refractivity contribution in [3.8, 4) is 5.75 Å². The molecule has 3 amide bonds. The van der Waals surface area contributed by atoms with E-state index in [2.05, 4.69) is 27.4 Å². The van der Waals surface area contributed by atoms with Gasteiger partial charge in [0.2, 0.25) is 5.91 Å². The van der Waals surface area contributed by atoms with Gasteiger partial charge in [0, 0.05) is 54.6 Å². The highest BCUT2D eigenvalue weighted by atomic mass is 16.5. The van der Waals surface area contributed by atoms with E-state index in [1.807, 2.05) is 74.6 Å². The number of nitrogens with zero attached hydrogens (tertiary/aromatic N) is 3. The Morgan fingerprint density at radius 2 is 1.86 bits per heavy atom. The van der Waals surface area contributed by atoms with Crippen LogP contribution in [0.4, 0.5) is 16.2 Å². The third kappa shape index (κ3) is 7.49. The Morgan fingerprint density at radius 3 is 2.65 bits per heavy atom. The number of ether oxygens (including phenoxy) is 1. The summed E-state index contributed by atoms with van der Waals surface area (Å²) in [5.74, 6) is 0.510. The number of anilines is 2. The summed E-state index contributed by atoms with van der Waals surface area (Å²) in [5.41, 5.74) is 3.09. The fraction of sp³-hybridized carbons (Fsp3) is 0.324. The Labute approximate surface area is 252 Å². The first-order valence-corrected chi connectivity index (χ1v) is 14.6. The van der Waals surface area contributed by atoms with Crippen molar-refractivity contribution in [2.24, 2.45) is 5.92 Å². The lowest BCUT2D eigenvalue weighted by molar-refractivity contribution is -0.134. The van der Waals surface area contributed by atoms with Crippen LogP contribution in [0, 0.1) is 5.92 Å². The summed E-state index contributed by atoms with van der Waals surface area (Å²) >= 11 is 0. The highest BCUT2D eigenvalue weighted by Gasteiger charge is 2.31. The molecule has 0 unspecified atom stereocenters. The first-order chi connectivity index (χ1) is 20.8. The van der Waals surface area contributed by atoms with E-state index < -0.39 is 0 Å². The third-order valence-corrected chi connectivity index (χ3v) is 7.91. The highest BCUT2D eigenvalue weighted by molar-refractivity contribution is 6.06. The number of pyridine rings is 1. The molecule has 0 spiro atoms. The number of aliphatic hydroxyl groups is 1. The van der Waals surface area contributed by atoms with Gasteiger partial charge in [0.15, 0.2) is 0 Å². The maximum Gasteiger partial charge on any atom is 0.323 e. The van der Waals surface area contributed by atoms with E-state index in [0.29, 0.717) is 35.8 Å². The number of urea groups is 1. The van der Waals surface area contributed by atoms with E-state index in [9.17, 15) is 14.7 Å². The zero-order valence-electron chi connectivity index (χ0n) is 24.9. The van der Waals surface area contributed by atoms with Crippen LogP contribution in [0.3, 0.4) is 0 Å². The van der Waals surface area contributed by atoms with Crippen LogP contribution < -0.4 is 15.4 Å². The summed E-state index contributed by atoms with van der Waals surface area (Å²) in [5, 5.41) is 17.8. The topological polar surface area (TPSA) is 107 Å². The Kier molecular flexibility index (Phi) is 9.54. The van der Waals surface area contributed by atoms with E-state index >= 15 is 0 Å². The molecule has 0 fully saturated rings. The minimum atomic E-state index is -0.383. The van der Waals surface area contributed by atoms with Gasteiger partial charge in [-0.1, -0.05) is 43.3 Å². The number of aromatic nitrogens is 1. The van der Waals surface area contributed by atoms with Gasteiger partial charge < -0.3 is 25.4 Å². The molecular formula is C34H39N5O4. The summed E-state index contributed by atoms with van der Waals surface area (Å²) in [6.45, 7) is 5.62. The second-order valence-corrected chi connectivity index (χ2v) is 11.4. The van der Waals surface area contributed by atoms with Crippen LogP contribution in [0.5, 0.6) is 5.75 Å². The molecule has 3 N–H and O–H groups in total. The fourth-order valence-electron chi connectivity index (χ4n) is 5.52. The van der Waals surface area contributed by atoms with E-state index in [1.165, 1.54) is 0 Å². The lowest BCUT2D eigenvalue weighted by Gasteiger charge is -2.34. The minimum Gasteiger partial charge on any atom is -0.488 e. The Hall–Kier alpha value is -4.47. The smallest absolute Gasteiger partial charge is 0.323 e. The first kappa shape index (κ1) is 30.0. The zero-order chi connectivity index (χ0) is 30.3. The zero-order valence-corrected chi connectivity index (χ0v) is 24.9. The molecule has 5 rings (SSSR count). The van der Waals surface area contributed by atoms with Crippen LogP contribution in [0.25, 0.3) is 10.8 Å². The second-order valence-electron chi connectivity index (χ2n) is 11.4. The van der Waals surface area contributed by atoms with Crippen LogP contribution in [0.2, 0.25) is 0 Å². The van der Waals surface area contributed by atoms with Gasteiger partial charge >= 0.3 is 6.03 Å². The Morgan fingerprint density at radius 1 is 1.09 bits per heavy atom. The molecule has 2 heterocycles. The fourth-order valence-corrected chi connectivity index (χ4v) is 5.52. The summed E-state index contributed by atoms with van der Waals surface area (Å²) in [6, 6.07) is 22.3. The molecule has 0 radical (unpaired) electrons. The molecule has 9 nitrogen and oxygen atoms in total. The molecule has 43 heavy (non-hydrogen) atoms. The van der Waals surface area contributed by atoms with Gasteiger partial charge in [-0.15, -0.1) is 0 Å². The molecule has 1 aromatic heterocycles. The van der Waals surface area contributed by atoms with Crippen molar-refractivity contribution in [1.82, 2.24) is 14.8 Å². The third-order valence-electron chi connectivity index (χ3n) is 7.91. The van der Waals surface area contributed by atoms with Gasteiger partial charge in [-0.25, -0.2) is 4.79 Å². The number of likely N-dealkylation sites (N-methyl/N-ethyl adjacent to an activating group) is 1. The number of hydrogen-bond acceptors (Lipinski definition) is 6. The number of amides is 3. The van der Waals surface area contributed by atoms with E-state index in [0.717, 1.165) is 22.9 Å². The SMILES string of the molecule is C[C@H]1CN([C@@H](C)CO)C(=O)Cc2cc(NC(=O)Nc3cccc4ccccc34)ccc2O[C@@H]1CN(C)Cc1ccncc1. The van der Waals surface area contributed by atoms with Crippen LogP contribution >= 0.6 is 0 Å². The van der Waals surface area contributed by atoms with Crippen molar-refractivity contribution in [3.05, 3.63) is 96.3 Å². The lowest BCUT2D eigenvalue weighted by Crippen LogP contribution is -2.47. The number of carbonyl (C=O) groups is 2. The lowest BCUT2D eigenvalue weighted by atomic mass is 10.0. The first-order valence-electron chi connectivity index (χ1n) is 14.6. The number of aliphatic hydroxyl groups excluding tert-OH is 1. The average Bonchev–Trinajstić information content (AvgIpc) is 3.04. The molecule has 3 aromatic carbocycles. The van der Waals surface area contributed by atoms with E-state index in [-0.39, 0.29) is 43.0 Å². The summed E-state index contributed by atoms with van der Waals surface area (Å²) < 4.78 is 6.63. The van der Waals surface area contributed by atoms with Gasteiger partial charge in [-0.3, -0.25) is 14.7 Å². The van der Waals surface area contributed by atoms with Crippen LogP contribution in [0.15, 0.2) is 85.2 Å². The van der Waals surface area contributed by atoms with Gasteiger partial charge in [-0.05, 0) is 61.3 Å². The molecule has 1 aliphatic heterocycles. The normalized spacial score (nSPS) is 17.8. The molecule has 0 bridgehead atoms. The maximum absolute atomic E-state index is 13.5. The maximum atomic E-state index is 13.5. The van der Waals surface area contributed by atoms with Crippen molar-refractivity contribution in [2.45, 2.75) is 39.0 Å². The molecule has 4 aromatic rings. The summed E-state index contributed by atoms with van der Waals surface area (Å²) in [6.07, 6.45) is 3.43. The van der Waals surface area contributed by atoms with Gasteiger partial charge in [0.1, 0.15) is 11.9 Å². The minimum absolute atomic E-state index is 0.00642. The Bertz CT molecular complexity index is 1560. The Balaban J connectivity index is 1.37. The number of benzene rings is 3. The van der Waals surface area contributed by atoms with E-state index in [4.69, 9.17) is 4.74 Å². The second kappa shape index (κ2) is 13.7. The number of rotatable bonds is 8. The summed E-state index contributed by atoms with van der Waals surface area (Å²) in [4.78, 5) is 34.6. The van der Waals surface area contributed by atoms with Crippen molar-refractivity contribution in [2.75, 3.05) is 37.4 Å². The van der Waals surface area contributed by atoms with Crippen LogP contribution in [-0.4, -0.2) is 70.7 Å². The molecule has 0 saturated heterocycles. The van der Waals surface area contributed by atoms with Crippen LogP contribution in [0.1, 0.15) is 25.0 Å². The number of carbonyl (C=O) groups excluding carboxylic acids is 2. The van der Waals surface area contributed by atoms with Gasteiger partial charge in [0.05, 0.1) is 24.8 Å². The average molecular weight is 582 g/mol. The predicted molar refractivity (Wildman–Crippen MR) is 169 cm³/mol. The number of hydrogen-bond donors (Lipinski definition) is 3. The quantitative estimate of drug-likeness (QED) is 0.265. The van der Waals surface area contributed by atoms with Gasteiger partial charge in [-0.2, -0.15) is 0 Å².